The van der Waals surface area contributed by atoms with E-state index in [0.29, 0.717) is 5.92 Å². The molecule has 2 nitrogen and oxygen atoms in total. The second-order valence-corrected chi connectivity index (χ2v) is 4.57. The van der Waals surface area contributed by atoms with Gasteiger partial charge >= 0.3 is 0 Å². The molecule has 0 heterocycles. The number of rotatable bonds is 5. The summed E-state index contributed by atoms with van der Waals surface area (Å²) in [6, 6.07) is 0. The minimum Gasteiger partial charge on any atom is -0.402 e. The highest BCUT2D eigenvalue weighted by atomic mass is 15.1. The summed E-state index contributed by atoms with van der Waals surface area (Å²) in [6.07, 6.45) is 7.73. The lowest BCUT2D eigenvalue weighted by molar-refractivity contribution is 0.328. The van der Waals surface area contributed by atoms with Gasteiger partial charge in [0.25, 0.3) is 0 Å². The van der Waals surface area contributed by atoms with Crippen LogP contribution in [0.25, 0.3) is 0 Å². The maximum atomic E-state index is 5.75. The van der Waals surface area contributed by atoms with Crippen molar-refractivity contribution >= 4 is 0 Å². The van der Waals surface area contributed by atoms with Gasteiger partial charge < -0.3 is 10.6 Å². The summed E-state index contributed by atoms with van der Waals surface area (Å²) in [4.78, 5) is 2.37. The molecule has 0 aromatic heterocycles. The molecule has 2 N–H and O–H groups in total. The third kappa shape index (κ3) is 6.52. The van der Waals surface area contributed by atoms with Gasteiger partial charge in [0, 0.05) is 5.70 Å². The van der Waals surface area contributed by atoms with E-state index in [0.717, 1.165) is 25.1 Å². The van der Waals surface area contributed by atoms with Crippen molar-refractivity contribution in [3.05, 3.63) is 23.4 Å². The number of nitrogens with zero attached hydrogens (tertiary/aromatic N) is 1. The van der Waals surface area contributed by atoms with Crippen molar-refractivity contribution in [1.29, 1.82) is 0 Å². The van der Waals surface area contributed by atoms with Crippen LogP contribution in [0.2, 0.25) is 0 Å². The largest absolute Gasteiger partial charge is 0.402 e. The molecule has 0 amide bonds. The average Bonchev–Trinajstić information content (AvgIpc) is 2.38. The zero-order valence-electron chi connectivity index (χ0n) is 12.3. The Bertz CT molecular complexity index is 254. The van der Waals surface area contributed by atoms with E-state index in [-0.39, 0.29) is 0 Å². The van der Waals surface area contributed by atoms with E-state index in [9.17, 15) is 0 Å². The minimum absolute atomic E-state index is 0.698. The first-order valence-corrected chi connectivity index (χ1v) is 6.97. The maximum absolute atomic E-state index is 5.75. The van der Waals surface area contributed by atoms with E-state index < -0.39 is 0 Å². The summed E-state index contributed by atoms with van der Waals surface area (Å²) in [6.45, 7) is 10.9. The Morgan fingerprint density at radius 3 is 2.41 bits per heavy atom. The Kier molecular flexibility index (Phi) is 8.87. The Balaban J connectivity index is 0.00000121. The van der Waals surface area contributed by atoms with Gasteiger partial charge in [-0.25, -0.2) is 0 Å². The number of hydrogen-bond donors (Lipinski definition) is 1. The van der Waals surface area contributed by atoms with E-state index in [1.54, 1.807) is 5.57 Å². The van der Waals surface area contributed by atoms with Crippen LogP contribution in [0.15, 0.2) is 23.4 Å². The second-order valence-electron chi connectivity index (χ2n) is 4.57. The fourth-order valence-corrected chi connectivity index (χ4v) is 1.84. The van der Waals surface area contributed by atoms with E-state index in [1.807, 2.05) is 13.8 Å². The lowest BCUT2D eigenvalue weighted by Crippen LogP contribution is -2.21. The highest BCUT2D eigenvalue weighted by molar-refractivity contribution is 5.23. The first-order valence-electron chi connectivity index (χ1n) is 6.97. The molecule has 0 aromatic rings. The van der Waals surface area contributed by atoms with Crippen LogP contribution in [-0.4, -0.2) is 25.0 Å². The monoisotopic (exact) mass is 238 g/mol. The molecule has 0 saturated carbocycles. The fraction of sp³-hybridized carbons (Fsp3) is 0.733. The molecule has 0 bridgehead atoms. The van der Waals surface area contributed by atoms with Crippen LogP contribution in [0, 0.1) is 5.92 Å². The molecule has 1 atom stereocenters. The van der Waals surface area contributed by atoms with Crippen molar-refractivity contribution in [2.24, 2.45) is 11.7 Å². The first kappa shape index (κ1) is 16.2. The normalized spacial score (nSPS) is 16.8. The van der Waals surface area contributed by atoms with Crippen molar-refractivity contribution < 1.29 is 0 Å². The van der Waals surface area contributed by atoms with E-state index in [4.69, 9.17) is 5.73 Å². The van der Waals surface area contributed by atoms with Crippen molar-refractivity contribution in [2.75, 3.05) is 20.1 Å². The summed E-state index contributed by atoms with van der Waals surface area (Å²) < 4.78 is 0. The first-order chi connectivity index (χ1) is 8.13. The van der Waals surface area contributed by atoms with E-state index in [2.05, 4.69) is 37.9 Å². The SMILES string of the molecule is CC.CCN(C)CCC(C)C1=CC=C(N)CC1. The van der Waals surface area contributed by atoms with Crippen LogP contribution in [0.3, 0.4) is 0 Å². The van der Waals surface area contributed by atoms with Crippen molar-refractivity contribution in [2.45, 2.75) is 47.0 Å². The van der Waals surface area contributed by atoms with Crippen molar-refractivity contribution in [3.8, 4) is 0 Å². The fourth-order valence-electron chi connectivity index (χ4n) is 1.84. The van der Waals surface area contributed by atoms with E-state index in [1.165, 1.54) is 13.0 Å². The zero-order valence-corrected chi connectivity index (χ0v) is 12.3. The van der Waals surface area contributed by atoms with Crippen LogP contribution in [0.4, 0.5) is 0 Å². The predicted molar refractivity (Wildman–Crippen MR) is 77.9 cm³/mol. The molecule has 1 rings (SSSR count). The Labute approximate surface area is 108 Å². The van der Waals surface area contributed by atoms with Gasteiger partial charge in [-0.3, -0.25) is 0 Å². The molecular formula is C15H30N2. The quantitative estimate of drug-likeness (QED) is 0.793. The molecule has 0 radical (unpaired) electrons. The third-order valence-corrected chi connectivity index (χ3v) is 3.33. The zero-order chi connectivity index (χ0) is 13.3. The van der Waals surface area contributed by atoms with Crippen LogP contribution >= 0.6 is 0 Å². The Morgan fingerprint density at radius 2 is 1.94 bits per heavy atom. The Hall–Kier alpha value is -0.760. The van der Waals surface area contributed by atoms with Crippen LogP contribution in [-0.2, 0) is 0 Å². The molecule has 1 aliphatic carbocycles. The van der Waals surface area contributed by atoms with Gasteiger partial charge in [0.15, 0.2) is 0 Å². The number of hydrogen-bond acceptors (Lipinski definition) is 2. The van der Waals surface area contributed by atoms with Gasteiger partial charge in [-0.15, -0.1) is 0 Å². The van der Waals surface area contributed by atoms with Gasteiger partial charge in [0.2, 0.25) is 0 Å². The molecule has 0 aromatic carbocycles. The minimum atomic E-state index is 0.698. The molecule has 0 spiro atoms. The molecule has 1 unspecified atom stereocenters. The van der Waals surface area contributed by atoms with Crippen molar-refractivity contribution in [1.82, 2.24) is 4.90 Å². The highest BCUT2D eigenvalue weighted by Gasteiger charge is 2.11. The highest BCUT2D eigenvalue weighted by Crippen LogP contribution is 2.24. The lowest BCUT2D eigenvalue weighted by atomic mass is 9.90. The third-order valence-electron chi connectivity index (χ3n) is 3.33. The van der Waals surface area contributed by atoms with Gasteiger partial charge in [-0.2, -0.15) is 0 Å². The Morgan fingerprint density at radius 1 is 1.29 bits per heavy atom. The van der Waals surface area contributed by atoms with Crippen molar-refractivity contribution in [3.63, 3.8) is 0 Å². The maximum Gasteiger partial charge on any atom is 0.00836 e. The summed E-state index contributed by atoms with van der Waals surface area (Å²) in [5, 5.41) is 0. The smallest absolute Gasteiger partial charge is 0.00836 e. The number of nitrogens with two attached hydrogens (primary N) is 1. The molecule has 17 heavy (non-hydrogen) atoms. The number of allylic oxidation sites excluding steroid dienone is 4. The average molecular weight is 238 g/mol. The molecule has 1 aliphatic rings. The predicted octanol–water partition coefficient (Wildman–Crippen LogP) is 3.55. The summed E-state index contributed by atoms with van der Waals surface area (Å²) >= 11 is 0. The molecule has 0 fully saturated rings. The van der Waals surface area contributed by atoms with Crippen LogP contribution in [0.5, 0.6) is 0 Å². The lowest BCUT2D eigenvalue weighted by Gasteiger charge is -2.21. The molecule has 0 saturated heterocycles. The van der Waals surface area contributed by atoms with Gasteiger partial charge in [-0.05, 0) is 51.4 Å². The van der Waals surface area contributed by atoms with Gasteiger partial charge in [0.05, 0.1) is 0 Å². The summed E-state index contributed by atoms with van der Waals surface area (Å²) in [5.41, 5.74) is 8.34. The topological polar surface area (TPSA) is 29.3 Å². The van der Waals surface area contributed by atoms with E-state index >= 15 is 0 Å². The van der Waals surface area contributed by atoms with Crippen LogP contribution in [0.1, 0.15) is 47.0 Å². The molecular weight excluding hydrogens is 208 g/mol. The molecule has 2 heteroatoms. The molecule has 0 aliphatic heterocycles. The second kappa shape index (κ2) is 9.29. The molecule has 100 valence electrons. The van der Waals surface area contributed by atoms with Crippen LogP contribution < -0.4 is 5.73 Å². The standard InChI is InChI=1S/C13H24N2.C2H6/c1-4-15(3)10-9-11(2)12-5-7-13(14)8-6-12;1-2/h5,7,11H,4,6,8-10,14H2,1-3H3;1-2H3. The van der Waals surface area contributed by atoms with Gasteiger partial charge in [0.1, 0.15) is 0 Å². The summed E-state index contributed by atoms with van der Waals surface area (Å²) in [5.74, 6) is 0.698. The van der Waals surface area contributed by atoms with Gasteiger partial charge in [-0.1, -0.05) is 39.3 Å². The summed E-state index contributed by atoms with van der Waals surface area (Å²) in [7, 11) is 2.18.